The zero-order chi connectivity index (χ0) is 22.5. The lowest BCUT2D eigenvalue weighted by molar-refractivity contribution is -0.138. The van der Waals surface area contributed by atoms with Crippen LogP contribution >= 0.6 is 11.3 Å². The first-order chi connectivity index (χ1) is 15.5. The van der Waals surface area contributed by atoms with Gasteiger partial charge in [-0.25, -0.2) is 14.8 Å². The van der Waals surface area contributed by atoms with Crippen LogP contribution in [0.4, 0.5) is 15.7 Å². The average molecular weight is 458 g/mol. The number of rotatable bonds is 4. The van der Waals surface area contributed by atoms with Crippen molar-refractivity contribution in [2.75, 3.05) is 62.6 Å². The average Bonchev–Trinajstić information content (AvgIpc) is 3.26. The van der Waals surface area contributed by atoms with Crippen LogP contribution < -0.4 is 10.2 Å². The minimum absolute atomic E-state index is 0.0120. The van der Waals surface area contributed by atoms with Crippen LogP contribution in [0.3, 0.4) is 0 Å². The highest BCUT2D eigenvalue weighted by molar-refractivity contribution is 7.13. The molecule has 0 atom stereocenters. The van der Waals surface area contributed by atoms with Crippen LogP contribution in [0.25, 0.3) is 0 Å². The van der Waals surface area contributed by atoms with Gasteiger partial charge in [0.1, 0.15) is 5.82 Å². The van der Waals surface area contributed by atoms with Crippen LogP contribution in [-0.4, -0.2) is 94.9 Å². The van der Waals surface area contributed by atoms with Gasteiger partial charge in [0.25, 0.3) is 0 Å². The van der Waals surface area contributed by atoms with E-state index in [2.05, 4.69) is 20.2 Å². The third-order valence-corrected chi connectivity index (χ3v) is 6.52. The molecule has 0 unspecified atom stereocenters. The molecule has 10 nitrogen and oxygen atoms in total. The van der Waals surface area contributed by atoms with Gasteiger partial charge in [-0.1, -0.05) is 6.07 Å². The van der Waals surface area contributed by atoms with Gasteiger partial charge in [-0.2, -0.15) is 0 Å². The Bertz CT molecular complexity index is 951. The summed E-state index contributed by atoms with van der Waals surface area (Å²) in [6.07, 6.45) is 1.96. The highest BCUT2D eigenvalue weighted by atomic mass is 32.1. The lowest BCUT2D eigenvalue weighted by atomic mass is 10.2. The van der Waals surface area contributed by atoms with E-state index < -0.39 is 0 Å². The van der Waals surface area contributed by atoms with E-state index in [1.807, 2.05) is 18.2 Å². The molecule has 0 saturated carbocycles. The van der Waals surface area contributed by atoms with E-state index in [-0.39, 0.29) is 24.3 Å². The fourth-order valence-corrected chi connectivity index (χ4v) is 4.53. The number of piperazine rings is 2. The van der Waals surface area contributed by atoms with Gasteiger partial charge in [-0.3, -0.25) is 14.9 Å². The second-order valence-corrected chi connectivity index (χ2v) is 8.66. The smallest absolute Gasteiger partial charge is 0.323 e. The molecule has 170 valence electrons. The molecule has 0 bridgehead atoms. The Labute approximate surface area is 190 Å². The van der Waals surface area contributed by atoms with Gasteiger partial charge in [0.05, 0.1) is 12.1 Å². The molecule has 11 heteroatoms. The summed E-state index contributed by atoms with van der Waals surface area (Å²) in [7, 11) is 0. The van der Waals surface area contributed by atoms with Crippen molar-refractivity contribution < 1.29 is 14.4 Å². The van der Waals surface area contributed by atoms with Gasteiger partial charge in [-0.15, -0.1) is 11.3 Å². The van der Waals surface area contributed by atoms with Crippen molar-refractivity contribution >= 4 is 40.1 Å². The van der Waals surface area contributed by atoms with Crippen molar-refractivity contribution in [1.82, 2.24) is 24.7 Å². The zero-order valence-electron chi connectivity index (χ0n) is 18.1. The number of thiazole rings is 1. The minimum Gasteiger partial charge on any atom is -0.353 e. The first-order valence-corrected chi connectivity index (χ1v) is 11.6. The van der Waals surface area contributed by atoms with E-state index in [9.17, 15) is 14.4 Å². The maximum absolute atomic E-state index is 12.6. The Hall–Kier alpha value is -3.21. The van der Waals surface area contributed by atoms with Crippen molar-refractivity contribution in [1.29, 1.82) is 0 Å². The molecule has 2 saturated heterocycles. The quantitative estimate of drug-likeness (QED) is 0.738. The molecule has 2 aromatic rings. The Kier molecular flexibility index (Phi) is 6.84. The van der Waals surface area contributed by atoms with Crippen molar-refractivity contribution in [3.8, 4) is 0 Å². The summed E-state index contributed by atoms with van der Waals surface area (Å²) in [6, 6.07) is 5.63. The van der Waals surface area contributed by atoms with E-state index in [1.165, 1.54) is 11.3 Å². The Morgan fingerprint density at radius 2 is 1.66 bits per heavy atom. The summed E-state index contributed by atoms with van der Waals surface area (Å²) in [5.41, 5.74) is 0.643. The van der Waals surface area contributed by atoms with Crippen LogP contribution in [0.2, 0.25) is 0 Å². The monoisotopic (exact) mass is 457 g/mol. The summed E-state index contributed by atoms with van der Waals surface area (Å²) in [6.45, 7) is 6.39. The number of amides is 4. The van der Waals surface area contributed by atoms with Crippen molar-refractivity contribution in [2.24, 2.45) is 0 Å². The molecule has 2 fully saturated rings. The van der Waals surface area contributed by atoms with Gasteiger partial charge in [-0.05, 0) is 12.1 Å². The largest absolute Gasteiger partial charge is 0.353 e. The highest BCUT2D eigenvalue weighted by Crippen LogP contribution is 2.18. The number of nitrogens with zero attached hydrogens (tertiary/aromatic N) is 6. The van der Waals surface area contributed by atoms with Crippen molar-refractivity contribution in [2.45, 2.75) is 13.3 Å². The summed E-state index contributed by atoms with van der Waals surface area (Å²) in [5, 5.41) is 5.14. The van der Waals surface area contributed by atoms with E-state index in [4.69, 9.17) is 0 Å². The second kappa shape index (κ2) is 9.94. The van der Waals surface area contributed by atoms with Crippen molar-refractivity contribution in [3.63, 3.8) is 0 Å². The van der Waals surface area contributed by atoms with Gasteiger partial charge in [0.15, 0.2) is 5.13 Å². The predicted molar refractivity (Wildman–Crippen MR) is 122 cm³/mol. The van der Waals surface area contributed by atoms with E-state index in [1.54, 1.807) is 33.2 Å². The molecule has 0 spiro atoms. The molecular weight excluding hydrogens is 430 g/mol. The second-order valence-electron chi connectivity index (χ2n) is 7.80. The van der Waals surface area contributed by atoms with Crippen LogP contribution in [0.5, 0.6) is 0 Å². The first-order valence-electron chi connectivity index (χ1n) is 10.7. The van der Waals surface area contributed by atoms with Gasteiger partial charge in [0, 0.05) is 70.9 Å². The van der Waals surface area contributed by atoms with E-state index >= 15 is 0 Å². The number of aromatic nitrogens is 2. The molecular formula is C21H27N7O3S. The topological polar surface area (TPSA) is 102 Å². The molecule has 4 heterocycles. The number of pyridine rings is 1. The molecule has 2 aliphatic rings. The van der Waals surface area contributed by atoms with Gasteiger partial charge >= 0.3 is 6.03 Å². The number of carbonyl (C=O) groups is 3. The molecule has 2 aromatic heterocycles. The number of anilines is 2. The van der Waals surface area contributed by atoms with E-state index in [0.717, 1.165) is 18.9 Å². The third kappa shape index (κ3) is 5.34. The van der Waals surface area contributed by atoms with Gasteiger partial charge in [0.2, 0.25) is 11.8 Å². The molecule has 0 radical (unpaired) electrons. The summed E-state index contributed by atoms with van der Waals surface area (Å²) in [4.78, 5) is 52.8. The Balaban J connectivity index is 1.23. The van der Waals surface area contributed by atoms with Gasteiger partial charge < -0.3 is 19.6 Å². The van der Waals surface area contributed by atoms with Crippen LogP contribution in [-0.2, 0) is 16.0 Å². The SMILES string of the molecule is CC(=O)N1CCN(C(=O)Cc2csc(NC(=O)N3CCN(c4ccccn4)CC3)n2)CC1. The summed E-state index contributed by atoms with van der Waals surface area (Å²) >= 11 is 1.32. The summed E-state index contributed by atoms with van der Waals surface area (Å²) < 4.78 is 0. The predicted octanol–water partition coefficient (Wildman–Crippen LogP) is 1.13. The molecule has 1 N–H and O–H groups in total. The fourth-order valence-electron chi connectivity index (χ4n) is 3.83. The molecule has 0 aromatic carbocycles. The lowest BCUT2D eigenvalue weighted by Crippen LogP contribution is -2.50. The zero-order valence-corrected chi connectivity index (χ0v) is 18.9. The molecule has 32 heavy (non-hydrogen) atoms. The van der Waals surface area contributed by atoms with E-state index in [0.29, 0.717) is 50.1 Å². The number of carbonyl (C=O) groups excluding carboxylic acids is 3. The molecule has 4 rings (SSSR count). The Morgan fingerprint density at radius 3 is 2.31 bits per heavy atom. The van der Waals surface area contributed by atoms with Crippen molar-refractivity contribution in [3.05, 3.63) is 35.5 Å². The highest BCUT2D eigenvalue weighted by Gasteiger charge is 2.24. The first kappa shape index (κ1) is 22.0. The Morgan fingerprint density at radius 1 is 0.969 bits per heavy atom. The number of hydrogen-bond acceptors (Lipinski definition) is 7. The summed E-state index contributed by atoms with van der Waals surface area (Å²) in [5.74, 6) is 0.946. The maximum atomic E-state index is 12.6. The maximum Gasteiger partial charge on any atom is 0.323 e. The molecule has 2 aliphatic heterocycles. The fraction of sp³-hybridized carbons (Fsp3) is 0.476. The normalized spacial score (nSPS) is 16.8. The minimum atomic E-state index is -0.182. The third-order valence-electron chi connectivity index (χ3n) is 5.72. The standard InChI is InChI=1S/C21H27N7O3S/c1-16(29)25-6-10-27(11-7-25)19(30)14-17-15-32-20(23-17)24-21(31)28-12-8-26(9-13-28)18-4-2-3-5-22-18/h2-5,15H,6-14H2,1H3,(H,23,24,31). The van der Waals surface area contributed by atoms with Crippen LogP contribution in [0, 0.1) is 0 Å². The molecule has 4 amide bonds. The number of urea groups is 1. The van der Waals surface area contributed by atoms with Crippen LogP contribution in [0.15, 0.2) is 29.8 Å². The lowest BCUT2D eigenvalue weighted by Gasteiger charge is -2.35. The van der Waals surface area contributed by atoms with Crippen LogP contribution in [0.1, 0.15) is 12.6 Å². The number of nitrogens with one attached hydrogen (secondary N) is 1. The molecule has 0 aliphatic carbocycles. The number of hydrogen-bond donors (Lipinski definition) is 1.